The van der Waals surface area contributed by atoms with Gasteiger partial charge in [0.2, 0.25) is 0 Å². The molecule has 10 nitrogen and oxygen atoms in total. The largest absolute Gasteiger partial charge is 0.504 e. The predicted molar refractivity (Wildman–Crippen MR) is 138 cm³/mol. The molecule has 2 unspecified atom stereocenters. The van der Waals surface area contributed by atoms with Crippen molar-refractivity contribution in [3.05, 3.63) is 53.6 Å². The van der Waals surface area contributed by atoms with Crippen LogP contribution in [0.3, 0.4) is 0 Å². The van der Waals surface area contributed by atoms with Gasteiger partial charge in [0, 0.05) is 29.8 Å². The topological polar surface area (TPSA) is 151 Å². The second kappa shape index (κ2) is 9.76. The van der Waals surface area contributed by atoms with Gasteiger partial charge in [-0.3, -0.25) is 0 Å². The molecule has 2 aliphatic carbocycles. The smallest absolute Gasteiger partial charge is 0.335 e. The number of aliphatic hydroxyl groups is 2. The molecule has 5 N–H and O–H groups in total. The first-order chi connectivity index (χ1) is 18.1. The van der Waals surface area contributed by atoms with E-state index in [1.807, 2.05) is 6.07 Å². The monoisotopic (exact) mass is 526 g/mol. The number of aliphatic carboxylic acids is 2. The Morgan fingerprint density at radius 2 is 1.71 bits per heavy atom. The number of aliphatic hydroxyl groups excluding tert-OH is 2. The van der Waals surface area contributed by atoms with Crippen LogP contribution in [0.25, 0.3) is 0 Å². The number of likely N-dealkylation sites (tertiary alicyclic amines) is 1. The number of hydrogen-bond acceptors (Lipinski definition) is 8. The number of carboxylic acid groups (broad SMARTS) is 2. The lowest BCUT2D eigenvalue weighted by Crippen LogP contribution is -2.68. The second-order valence-electron chi connectivity index (χ2n) is 10.8. The van der Waals surface area contributed by atoms with Gasteiger partial charge in [0.15, 0.2) is 23.7 Å². The Hall–Kier alpha value is -3.34. The molecule has 2 fully saturated rings. The van der Waals surface area contributed by atoms with Crippen LogP contribution in [0.4, 0.5) is 5.69 Å². The maximum absolute atomic E-state index is 10.7. The van der Waals surface area contributed by atoms with E-state index in [0.29, 0.717) is 23.8 Å². The highest BCUT2D eigenvalue weighted by atomic mass is 16.5. The maximum atomic E-state index is 10.7. The molecule has 1 saturated carbocycles. The summed E-state index contributed by atoms with van der Waals surface area (Å²) in [4.78, 5) is 24.5. The van der Waals surface area contributed by atoms with Crippen LogP contribution in [-0.2, 0) is 21.4 Å². The minimum atomic E-state index is -2.27. The Morgan fingerprint density at radius 3 is 2.34 bits per heavy atom. The summed E-state index contributed by atoms with van der Waals surface area (Å²) in [5.74, 6) is -1.82. The Bertz CT molecular complexity index is 1200. The summed E-state index contributed by atoms with van der Waals surface area (Å²) < 4.78 is 6.69. The van der Waals surface area contributed by atoms with Crippen molar-refractivity contribution in [2.75, 3.05) is 25.5 Å². The minimum absolute atomic E-state index is 0.0464. The number of nitrogens with zero attached hydrogens (tertiary/aromatic N) is 2. The number of aromatic hydroxyl groups is 1. The first kappa shape index (κ1) is 26.3. The normalized spacial score (nSPS) is 30.1. The van der Waals surface area contributed by atoms with Crippen molar-refractivity contribution >= 4 is 17.6 Å². The minimum Gasteiger partial charge on any atom is -0.504 e. The van der Waals surface area contributed by atoms with E-state index in [2.05, 4.69) is 60.3 Å². The summed E-state index contributed by atoms with van der Waals surface area (Å²) in [7, 11) is 4.50. The molecule has 0 aromatic heterocycles. The number of carboxylic acids is 2. The third kappa shape index (κ3) is 3.98. The number of ether oxygens (including phenoxy) is 1. The highest BCUT2D eigenvalue weighted by Crippen LogP contribution is 2.64. The number of phenols is 1. The van der Waals surface area contributed by atoms with E-state index in [9.17, 15) is 14.7 Å². The molecular weight excluding hydrogens is 492 g/mol. The van der Waals surface area contributed by atoms with Gasteiger partial charge in [-0.25, -0.2) is 9.59 Å². The van der Waals surface area contributed by atoms with E-state index < -0.39 is 24.1 Å². The lowest BCUT2D eigenvalue weighted by molar-refractivity contribution is -0.165. The van der Waals surface area contributed by atoms with Gasteiger partial charge in [0.1, 0.15) is 6.10 Å². The fourth-order valence-electron chi connectivity index (χ4n) is 7.23. The average molecular weight is 527 g/mol. The summed E-state index contributed by atoms with van der Waals surface area (Å²) in [6.07, 6.45) is 0.144. The predicted octanol–water partition coefficient (Wildman–Crippen LogP) is 1.44. The highest BCUT2D eigenvalue weighted by molar-refractivity contribution is 5.83. The van der Waals surface area contributed by atoms with Crippen LogP contribution < -0.4 is 9.64 Å². The summed E-state index contributed by atoms with van der Waals surface area (Å²) in [6, 6.07) is 15.6. The highest BCUT2D eigenvalue weighted by Gasteiger charge is 2.65. The van der Waals surface area contributed by atoms with E-state index in [4.69, 9.17) is 25.2 Å². The number of para-hydroxylation sites is 1. The first-order valence-electron chi connectivity index (χ1n) is 12.9. The Kier molecular flexibility index (Phi) is 6.75. The van der Waals surface area contributed by atoms with Crippen molar-refractivity contribution in [1.29, 1.82) is 0 Å². The van der Waals surface area contributed by atoms with Crippen LogP contribution in [-0.4, -0.2) is 93.4 Å². The van der Waals surface area contributed by atoms with Crippen LogP contribution in [0, 0.1) is 5.92 Å². The van der Waals surface area contributed by atoms with Gasteiger partial charge in [-0.05, 0) is 69.0 Å². The third-order valence-electron chi connectivity index (χ3n) is 9.03. The van der Waals surface area contributed by atoms with Crippen LogP contribution in [0.1, 0.15) is 30.4 Å². The zero-order valence-corrected chi connectivity index (χ0v) is 21.4. The molecule has 38 heavy (non-hydrogen) atoms. The molecule has 2 aliphatic heterocycles. The van der Waals surface area contributed by atoms with Crippen LogP contribution in [0.15, 0.2) is 42.5 Å². The summed E-state index contributed by atoms with van der Waals surface area (Å²) in [5.41, 5.74) is 4.03. The molecule has 0 radical (unpaired) electrons. The van der Waals surface area contributed by atoms with Crippen molar-refractivity contribution in [3.8, 4) is 11.5 Å². The SMILES string of the molecule is CN1CC[C@]23c4c5ccc(O)c4O[C@H]2[C@H](N(C)c2ccccc2)CC[C@H]3[C@H]1C5.O=C(O)C(O)C(O)C(=O)O. The number of benzene rings is 2. The van der Waals surface area contributed by atoms with Crippen molar-refractivity contribution in [3.63, 3.8) is 0 Å². The molecule has 2 aromatic rings. The second-order valence-corrected chi connectivity index (χ2v) is 10.8. The van der Waals surface area contributed by atoms with E-state index in [1.54, 1.807) is 0 Å². The molecule has 2 heterocycles. The number of hydrogen-bond donors (Lipinski definition) is 5. The molecule has 1 saturated heterocycles. The summed E-state index contributed by atoms with van der Waals surface area (Å²) >= 11 is 0. The van der Waals surface area contributed by atoms with E-state index in [0.717, 1.165) is 31.6 Å². The fraction of sp³-hybridized carbons (Fsp3) is 0.500. The van der Waals surface area contributed by atoms with Gasteiger partial charge in [-0.15, -0.1) is 0 Å². The maximum Gasteiger partial charge on any atom is 0.335 e. The first-order valence-corrected chi connectivity index (χ1v) is 12.9. The van der Waals surface area contributed by atoms with Crippen LogP contribution in [0.2, 0.25) is 0 Å². The standard InChI is InChI=1S/C24H28N2O2.C4H6O6/c1-25-13-12-24-17-9-10-18(26(2)16-6-4-3-5-7-16)23(24)28-22-20(27)11-8-15(21(22)24)14-19(17)25;5-1(3(7)8)2(6)4(9)10/h3-8,11,17-19,23,27H,9-10,12-14H2,1-2H3;1-2,5-6H,(H,7,8)(H,9,10)/t17-,18+,19+,23-,24-;/m0./s1. The number of likely N-dealkylation sites (N-methyl/N-ethyl adjacent to an activating group) is 2. The van der Waals surface area contributed by atoms with Crippen molar-refractivity contribution in [2.24, 2.45) is 5.92 Å². The zero-order chi connectivity index (χ0) is 27.4. The molecule has 7 atom stereocenters. The van der Waals surface area contributed by atoms with E-state index in [-0.39, 0.29) is 11.5 Å². The molecule has 0 amide bonds. The van der Waals surface area contributed by atoms with Crippen LogP contribution in [0.5, 0.6) is 11.5 Å². The van der Waals surface area contributed by atoms with Crippen molar-refractivity contribution in [1.82, 2.24) is 4.90 Å². The van der Waals surface area contributed by atoms with E-state index >= 15 is 0 Å². The zero-order valence-electron chi connectivity index (χ0n) is 21.4. The quantitative estimate of drug-likeness (QED) is 0.387. The molecular formula is C28H34N2O8. The van der Waals surface area contributed by atoms with Gasteiger partial charge >= 0.3 is 11.9 Å². The number of rotatable bonds is 5. The Morgan fingerprint density at radius 1 is 1.05 bits per heavy atom. The molecule has 204 valence electrons. The molecule has 10 heteroatoms. The van der Waals surface area contributed by atoms with Gasteiger partial charge in [-0.2, -0.15) is 0 Å². The van der Waals surface area contributed by atoms with Gasteiger partial charge in [0.05, 0.1) is 6.04 Å². The molecule has 6 rings (SSSR count). The van der Waals surface area contributed by atoms with Crippen LogP contribution >= 0.6 is 0 Å². The van der Waals surface area contributed by atoms with Gasteiger partial charge in [0.25, 0.3) is 0 Å². The summed E-state index contributed by atoms with van der Waals surface area (Å²) in [5, 5.41) is 43.2. The average Bonchev–Trinajstić information content (AvgIpc) is 3.27. The summed E-state index contributed by atoms with van der Waals surface area (Å²) in [6.45, 7) is 1.11. The Labute approximate surface area is 220 Å². The Balaban J connectivity index is 0.000000253. The lowest BCUT2D eigenvalue weighted by Gasteiger charge is -2.60. The lowest BCUT2D eigenvalue weighted by atomic mass is 9.51. The van der Waals surface area contributed by atoms with Gasteiger partial charge < -0.3 is 40.1 Å². The number of anilines is 1. The fourth-order valence-corrected chi connectivity index (χ4v) is 7.23. The van der Waals surface area contributed by atoms with Gasteiger partial charge in [-0.1, -0.05) is 24.3 Å². The van der Waals surface area contributed by atoms with Crippen molar-refractivity contribution in [2.45, 2.75) is 61.5 Å². The number of piperidine rings is 1. The molecule has 4 aliphatic rings. The van der Waals surface area contributed by atoms with Crippen molar-refractivity contribution < 1.29 is 39.9 Å². The molecule has 2 bridgehead atoms. The number of carbonyl (C=O) groups is 2. The molecule has 1 spiro atoms. The van der Waals surface area contributed by atoms with E-state index in [1.165, 1.54) is 23.2 Å². The number of phenolic OH excluding ortho intramolecular Hbond substituents is 1. The molecule has 2 aromatic carbocycles. The third-order valence-corrected chi connectivity index (χ3v) is 9.03.